The number of carboxylic acids is 4. The highest BCUT2D eigenvalue weighted by molar-refractivity contribution is 5.75. The van der Waals surface area contributed by atoms with Crippen LogP contribution in [0.25, 0.3) is 0 Å². The van der Waals surface area contributed by atoms with Gasteiger partial charge in [0.05, 0.1) is 82.6 Å². The van der Waals surface area contributed by atoms with Crippen molar-refractivity contribution < 1.29 is 77.5 Å². The maximum atomic E-state index is 12.8. The molecule has 16 heteroatoms. The lowest BCUT2D eigenvalue weighted by Crippen LogP contribution is -2.18. The SMILES string of the molecule is COc1cc(OC)c2cc1C(CC(=O)O)c1cc(c(OC)cc1OC)C(CC(=O)O)c1cc(c(OC)cc1OC)C(CC(=O)O)c1cc(c(OC)cc1OC)C2CC(=O)O. The van der Waals surface area contributed by atoms with Crippen LogP contribution in [-0.2, 0) is 19.2 Å². The zero-order chi connectivity index (χ0) is 44.0. The highest BCUT2D eigenvalue weighted by atomic mass is 16.5. The molecule has 0 amide bonds. The van der Waals surface area contributed by atoms with Gasteiger partial charge in [-0.2, -0.15) is 0 Å². The van der Waals surface area contributed by atoms with Gasteiger partial charge in [-0.25, -0.2) is 0 Å². The van der Waals surface area contributed by atoms with Crippen molar-refractivity contribution in [2.24, 2.45) is 0 Å². The summed E-state index contributed by atoms with van der Waals surface area (Å²) < 4.78 is 46.9. The zero-order valence-electron chi connectivity index (χ0n) is 34.4. The fourth-order valence-electron chi connectivity index (χ4n) is 8.22. The van der Waals surface area contributed by atoms with Crippen LogP contribution in [0.1, 0.15) is 93.9 Å². The van der Waals surface area contributed by atoms with Crippen LogP contribution < -0.4 is 37.9 Å². The van der Waals surface area contributed by atoms with Gasteiger partial charge in [0.25, 0.3) is 0 Å². The molecule has 1 aliphatic rings. The largest absolute Gasteiger partial charge is 0.496 e. The number of methoxy groups -OCH3 is 8. The van der Waals surface area contributed by atoms with E-state index in [-0.39, 0.29) is 46.0 Å². The number of carbonyl (C=O) groups is 4. The first-order valence-corrected chi connectivity index (χ1v) is 18.6. The minimum Gasteiger partial charge on any atom is -0.496 e. The van der Waals surface area contributed by atoms with Crippen LogP contribution in [0.4, 0.5) is 0 Å². The highest BCUT2D eigenvalue weighted by Gasteiger charge is 2.36. The number of benzene rings is 4. The molecule has 0 spiro atoms. The molecule has 0 atom stereocenters. The summed E-state index contributed by atoms with van der Waals surface area (Å²) in [5, 5.41) is 41.8. The molecule has 4 aromatic carbocycles. The number of fused-ring (bicyclic) bond motifs is 8. The third-order valence-corrected chi connectivity index (χ3v) is 10.8. The molecule has 0 fully saturated rings. The van der Waals surface area contributed by atoms with E-state index in [1.54, 1.807) is 24.3 Å². The summed E-state index contributed by atoms with van der Waals surface area (Å²) in [6.45, 7) is 0. The second-order valence-corrected chi connectivity index (χ2v) is 13.9. The van der Waals surface area contributed by atoms with Gasteiger partial charge in [0.1, 0.15) is 46.0 Å². The Bertz CT molecular complexity index is 1850. The Labute approximate surface area is 346 Å². The van der Waals surface area contributed by atoms with Crippen LogP contribution in [0.5, 0.6) is 46.0 Å². The summed E-state index contributed by atoms with van der Waals surface area (Å²) >= 11 is 0. The van der Waals surface area contributed by atoms with Gasteiger partial charge in [-0.1, -0.05) is 0 Å². The third kappa shape index (κ3) is 8.77. The Kier molecular flexibility index (Phi) is 13.9. The molecule has 0 aliphatic heterocycles. The molecular weight excluding hydrogens is 784 g/mol. The van der Waals surface area contributed by atoms with E-state index in [1.807, 2.05) is 0 Å². The Hall–Kier alpha value is -6.84. The predicted octanol–water partition coefficient (Wildman–Crippen LogP) is 6.50. The first-order valence-electron chi connectivity index (χ1n) is 18.6. The summed E-state index contributed by atoms with van der Waals surface area (Å²) in [4.78, 5) is 51.3. The van der Waals surface area contributed by atoms with Crippen LogP contribution >= 0.6 is 0 Å². The van der Waals surface area contributed by atoms with Crippen molar-refractivity contribution in [3.8, 4) is 46.0 Å². The van der Waals surface area contributed by atoms with E-state index in [0.717, 1.165) is 0 Å². The Morgan fingerprint density at radius 1 is 0.317 bits per heavy atom. The molecule has 0 aromatic heterocycles. The molecule has 0 saturated heterocycles. The van der Waals surface area contributed by atoms with E-state index in [2.05, 4.69) is 0 Å². The quantitative estimate of drug-likeness (QED) is 0.0946. The number of hydrogen-bond acceptors (Lipinski definition) is 12. The van der Waals surface area contributed by atoms with Gasteiger partial charge >= 0.3 is 23.9 Å². The first-order chi connectivity index (χ1) is 28.7. The van der Waals surface area contributed by atoms with Crippen molar-refractivity contribution in [2.45, 2.75) is 49.4 Å². The number of ether oxygens (including phenoxy) is 8. The summed E-state index contributed by atoms with van der Waals surface area (Å²) in [5.41, 5.74) is 2.47. The molecule has 60 heavy (non-hydrogen) atoms. The summed E-state index contributed by atoms with van der Waals surface area (Å²) in [6.07, 6.45) is -2.11. The Morgan fingerprint density at radius 3 is 0.550 bits per heavy atom. The number of aliphatic carboxylic acids is 4. The second kappa shape index (κ2) is 18.8. The lowest BCUT2D eigenvalue weighted by Gasteiger charge is -2.30. The van der Waals surface area contributed by atoms with E-state index < -0.39 is 73.2 Å². The van der Waals surface area contributed by atoms with Gasteiger partial charge in [0.2, 0.25) is 0 Å². The van der Waals surface area contributed by atoms with Crippen molar-refractivity contribution in [1.82, 2.24) is 0 Å². The lowest BCUT2D eigenvalue weighted by molar-refractivity contribution is -0.138. The summed E-state index contributed by atoms with van der Waals surface area (Å²) in [6, 6.07) is 12.6. The van der Waals surface area contributed by atoms with Crippen molar-refractivity contribution >= 4 is 23.9 Å². The fraction of sp³-hybridized carbons (Fsp3) is 0.364. The number of rotatable bonds is 16. The van der Waals surface area contributed by atoms with Crippen LogP contribution in [-0.4, -0.2) is 101 Å². The molecule has 5 rings (SSSR count). The molecule has 1 aliphatic carbocycles. The van der Waals surface area contributed by atoms with Crippen molar-refractivity contribution in [3.05, 3.63) is 93.0 Å². The third-order valence-electron chi connectivity index (χ3n) is 10.8. The van der Waals surface area contributed by atoms with Crippen LogP contribution in [0.3, 0.4) is 0 Å². The van der Waals surface area contributed by atoms with Gasteiger partial charge in [0.15, 0.2) is 0 Å². The molecule has 320 valence electrons. The second-order valence-electron chi connectivity index (χ2n) is 13.9. The van der Waals surface area contributed by atoms with E-state index in [4.69, 9.17) is 37.9 Å². The lowest BCUT2D eigenvalue weighted by atomic mass is 9.77. The molecule has 8 bridgehead atoms. The molecule has 0 heterocycles. The molecule has 0 unspecified atom stereocenters. The average molecular weight is 833 g/mol. The van der Waals surface area contributed by atoms with Crippen molar-refractivity contribution in [3.63, 3.8) is 0 Å². The Balaban J connectivity index is 2.13. The molecule has 4 aromatic rings. The fourth-order valence-corrected chi connectivity index (χ4v) is 8.22. The monoisotopic (exact) mass is 832 g/mol. The minimum absolute atomic E-state index is 0.198. The van der Waals surface area contributed by atoms with Crippen molar-refractivity contribution in [2.75, 3.05) is 56.9 Å². The summed E-state index contributed by atoms with van der Waals surface area (Å²) in [7, 11) is 11.2. The van der Waals surface area contributed by atoms with E-state index in [1.165, 1.54) is 81.1 Å². The summed E-state index contributed by atoms with van der Waals surface area (Å²) in [5.74, 6) is -7.48. The van der Waals surface area contributed by atoms with Gasteiger partial charge < -0.3 is 58.3 Å². The molecule has 4 N–H and O–H groups in total. The standard InChI is InChI=1S/C44H48O16/c1-53-33-17-34(54-2)26-9-25(33)21(13-41(45)46)27-10-28(36(56-4)18-35(27)55-3)23(15-43(49)50)31-12-32(40(60-8)20-39(31)59-7)24(16-44(51)52)30-11-29(22(26)14-42(47)48)37(57-5)19-38(30)58-6/h9-12,17-24H,13-16H2,1-8H3,(H,45,46)(H,47,48)(H,49,50)(H,51,52). The molecular formula is C44H48O16. The van der Waals surface area contributed by atoms with Gasteiger partial charge in [-0.05, 0) is 24.3 Å². The van der Waals surface area contributed by atoms with Gasteiger partial charge in [-0.15, -0.1) is 0 Å². The van der Waals surface area contributed by atoms with Crippen LogP contribution in [0.15, 0.2) is 48.5 Å². The van der Waals surface area contributed by atoms with Crippen molar-refractivity contribution in [1.29, 1.82) is 0 Å². The average Bonchev–Trinajstić information content (AvgIpc) is 3.23. The Morgan fingerprint density at radius 2 is 0.450 bits per heavy atom. The van der Waals surface area contributed by atoms with Crippen LogP contribution in [0, 0.1) is 0 Å². The zero-order valence-corrected chi connectivity index (χ0v) is 34.4. The molecule has 0 radical (unpaired) electrons. The smallest absolute Gasteiger partial charge is 0.304 e. The number of carboxylic acid groups (broad SMARTS) is 4. The topological polar surface area (TPSA) is 223 Å². The van der Waals surface area contributed by atoms with E-state index in [0.29, 0.717) is 44.5 Å². The first kappa shape index (κ1) is 44.3. The van der Waals surface area contributed by atoms with Gasteiger partial charge in [-0.3, -0.25) is 19.2 Å². The van der Waals surface area contributed by atoms with Crippen LogP contribution in [0.2, 0.25) is 0 Å². The number of hydrogen-bond donors (Lipinski definition) is 4. The maximum Gasteiger partial charge on any atom is 0.304 e. The minimum atomic E-state index is -1.20. The predicted molar refractivity (Wildman–Crippen MR) is 215 cm³/mol. The van der Waals surface area contributed by atoms with E-state index >= 15 is 0 Å². The van der Waals surface area contributed by atoms with E-state index in [9.17, 15) is 39.6 Å². The molecule has 16 nitrogen and oxygen atoms in total. The highest BCUT2D eigenvalue weighted by Crippen LogP contribution is 2.52. The maximum absolute atomic E-state index is 12.8. The molecule has 0 saturated carbocycles. The van der Waals surface area contributed by atoms with Gasteiger partial charge in [0, 0.05) is 92.4 Å². The normalized spacial score (nSPS) is 16.8.